The molecule has 2 atom stereocenters. The third-order valence-electron chi connectivity index (χ3n) is 6.07. The summed E-state index contributed by atoms with van der Waals surface area (Å²) in [7, 11) is 0. The Labute approximate surface area is 134 Å². The van der Waals surface area contributed by atoms with E-state index in [0.29, 0.717) is 29.1 Å². The number of aromatic nitrogens is 2. The normalized spacial score (nSPS) is 38.2. The number of hydrogen-bond acceptors (Lipinski definition) is 4. The number of nitrogens with two attached hydrogens (primary N) is 1. The van der Waals surface area contributed by atoms with Crippen molar-refractivity contribution in [2.45, 2.75) is 49.5 Å². The van der Waals surface area contributed by atoms with Gasteiger partial charge in [0, 0.05) is 11.1 Å². The van der Waals surface area contributed by atoms with Gasteiger partial charge in [-0.3, -0.25) is 0 Å². The molecule has 0 amide bonds. The van der Waals surface area contributed by atoms with Crippen molar-refractivity contribution in [2.75, 3.05) is 0 Å². The molecule has 120 valence electrons. The van der Waals surface area contributed by atoms with Crippen LogP contribution in [0.4, 0.5) is 4.39 Å². The molecule has 4 bridgehead atoms. The summed E-state index contributed by atoms with van der Waals surface area (Å²) in [4.78, 5) is 4.64. The smallest absolute Gasteiger partial charge is 0.233 e. The zero-order chi connectivity index (χ0) is 15.7. The van der Waals surface area contributed by atoms with E-state index in [1.807, 2.05) is 6.07 Å². The van der Waals surface area contributed by atoms with E-state index in [0.717, 1.165) is 32.1 Å². The van der Waals surface area contributed by atoms with Crippen LogP contribution in [0.5, 0.6) is 0 Å². The van der Waals surface area contributed by atoms with Crippen molar-refractivity contribution in [2.24, 2.45) is 17.6 Å². The zero-order valence-electron chi connectivity index (χ0n) is 13.0. The molecule has 23 heavy (non-hydrogen) atoms. The second-order valence-electron chi connectivity index (χ2n) is 8.04. The van der Waals surface area contributed by atoms with Gasteiger partial charge in [-0.15, -0.1) is 0 Å². The lowest BCUT2D eigenvalue weighted by molar-refractivity contribution is -0.0360. The van der Waals surface area contributed by atoms with Crippen molar-refractivity contribution < 1.29 is 8.91 Å². The van der Waals surface area contributed by atoms with E-state index in [2.05, 4.69) is 10.1 Å². The van der Waals surface area contributed by atoms with E-state index in [9.17, 15) is 4.39 Å². The number of benzene rings is 1. The first-order valence-corrected chi connectivity index (χ1v) is 8.43. The Morgan fingerprint density at radius 2 is 1.96 bits per heavy atom. The molecular weight excluding hydrogens is 293 g/mol. The standard InChI is InChI=1S/C18H20FN3O/c19-14-3-1-2-13(5-14)15-21-16(23-22-15)17-6-11-4-12(7-17)9-18(20,8-11)10-17/h1-3,5,11-12H,4,6-10,20H2. The largest absolute Gasteiger partial charge is 0.338 e. The highest BCUT2D eigenvalue weighted by molar-refractivity contribution is 5.54. The molecule has 1 aromatic heterocycles. The highest BCUT2D eigenvalue weighted by Gasteiger charge is 2.59. The fraction of sp³-hybridized carbons (Fsp3) is 0.556. The van der Waals surface area contributed by atoms with Crippen LogP contribution in [0.25, 0.3) is 11.4 Å². The van der Waals surface area contributed by atoms with Crippen LogP contribution in [0.2, 0.25) is 0 Å². The Hall–Kier alpha value is -1.75. The lowest BCUT2D eigenvalue weighted by atomic mass is 9.47. The Morgan fingerprint density at radius 3 is 2.65 bits per heavy atom. The first-order chi connectivity index (χ1) is 11.0. The average Bonchev–Trinajstić information content (AvgIpc) is 2.95. The Kier molecular flexibility index (Phi) is 2.62. The molecule has 5 heteroatoms. The van der Waals surface area contributed by atoms with Gasteiger partial charge in [-0.1, -0.05) is 17.3 Å². The highest BCUT2D eigenvalue weighted by atomic mass is 19.1. The summed E-state index contributed by atoms with van der Waals surface area (Å²) in [5.74, 6) is 2.27. The van der Waals surface area contributed by atoms with E-state index in [-0.39, 0.29) is 16.8 Å². The molecule has 4 saturated carbocycles. The quantitative estimate of drug-likeness (QED) is 0.922. The molecule has 4 aliphatic carbocycles. The van der Waals surface area contributed by atoms with Crippen LogP contribution < -0.4 is 5.73 Å². The number of nitrogens with zero attached hydrogens (tertiary/aromatic N) is 2. The molecule has 1 aromatic carbocycles. The molecule has 0 spiro atoms. The summed E-state index contributed by atoms with van der Waals surface area (Å²) in [6, 6.07) is 6.34. The minimum Gasteiger partial charge on any atom is -0.338 e. The molecule has 1 heterocycles. The molecule has 4 nitrogen and oxygen atoms in total. The SMILES string of the molecule is NC12CC3CC(C1)CC(c1nc(-c4cccc(F)c4)no1)(C3)C2. The van der Waals surface area contributed by atoms with E-state index in [1.54, 1.807) is 6.07 Å². The maximum atomic E-state index is 13.4. The molecule has 2 aromatic rings. The van der Waals surface area contributed by atoms with Crippen molar-refractivity contribution in [3.63, 3.8) is 0 Å². The number of rotatable bonds is 2. The van der Waals surface area contributed by atoms with Gasteiger partial charge in [0.05, 0.1) is 5.41 Å². The number of hydrogen-bond donors (Lipinski definition) is 1. The topological polar surface area (TPSA) is 64.9 Å². The fourth-order valence-corrected chi connectivity index (χ4v) is 5.77. The lowest BCUT2D eigenvalue weighted by Crippen LogP contribution is -2.61. The first-order valence-electron chi connectivity index (χ1n) is 8.43. The number of halogens is 1. The van der Waals surface area contributed by atoms with Gasteiger partial charge >= 0.3 is 0 Å². The first kappa shape index (κ1) is 13.7. The zero-order valence-corrected chi connectivity index (χ0v) is 13.0. The molecular formula is C18H20FN3O. The van der Waals surface area contributed by atoms with Crippen LogP contribution in [-0.2, 0) is 5.41 Å². The van der Waals surface area contributed by atoms with Crippen LogP contribution in [0.3, 0.4) is 0 Å². The minimum absolute atomic E-state index is 0.0580. The summed E-state index contributed by atoms with van der Waals surface area (Å²) in [6.45, 7) is 0. The van der Waals surface area contributed by atoms with E-state index < -0.39 is 0 Å². The Bertz CT molecular complexity index is 757. The fourth-order valence-electron chi connectivity index (χ4n) is 5.77. The second-order valence-corrected chi connectivity index (χ2v) is 8.04. The summed E-state index contributed by atoms with van der Waals surface area (Å²) in [6.07, 6.45) is 6.72. The van der Waals surface area contributed by atoms with Crippen molar-refractivity contribution in [3.8, 4) is 11.4 Å². The van der Waals surface area contributed by atoms with Crippen molar-refractivity contribution in [3.05, 3.63) is 36.0 Å². The van der Waals surface area contributed by atoms with Gasteiger partial charge < -0.3 is 10.3 Å². The van der Waals surface area contributed by atoms with Crippen LogP contribution in [0.1, 0.15) is 44.4 Å². The third kappa shape index (κ3) is 2.06. The average molecular weight is 313 g/mol. The van der Waals surface area contributed by atoms with Gasteiger partial charge in [-0.25, -0.2) is 4.39 Å². The van der Waals surface area contributed by atoms with Crippen molar-refractivity contribution in [1.82, 2.24) is 10.1 Å². The molecule has 0 aliphatic heterocycles. The van der Waals surface area contributed by atoms with Crippen LogP contribution in [0.15, 0.2) is 28.8 Å². The van der Waals surface area contributed by atoms with Gasteiger partial charge in [0.25, 0.3) is 0 Å². The Morgan fingerprint density at radius 1 is 1.17 bits per heavy atom. The molecule has 2 N–H and O–H groups in total. The maximum Gasteiger partial charge on any atom is 0.233 e. The molecule has 2 unspecified atom stereocenters. The predicted molar refractivity (Wildman–Crippen MR) is 83.0 cm³/mol. The monoisotopic (exact) mass is 313 g/mol. The highest BCUT2D eigenvalue weighted by Crippen LogP contribution is 2.61. The van der Waals surface area contributed by atoms with Gasteiger partial charge in [-0.05, 0) is 62.5 Å². The van der Waals surface area contributed by atoms with Crippen molar-refractivity contribution >= 4 is 0 Å². The predicted octanol–water partition coefficient (Wildman–Crippen LogP) is 3.42. The third-order valence-corrected chi connectivity index (χ3v) is 6.07. The van der Waals surface area contributed by atoms with E-state index >= 15 is 0 Å². The van der Waals surface area contributed by atoms with Crippen LogP contribution >= 0.6 is 0 Å². The van der Waals surface area contributed by atoms with E-state index in [4.69, 9.17) is 10.3 Å². The molecule has 4 aliphatic rings. The summed E-state index contributed by atoms with van der Waals surface area (Å²) in [5.41, 5.74) is 7.19. The lowest BCUT2D eigenvalue weighted by Gasteiger charge is -2.59. The Balaban J connectivity index is 1.53. The van der Waals surface area contributed by atoms with Gasteiger partial charge in [0.2, 0.25) is 11.7 Å². The second kappa shape index (κ2) is 4.41. The summed E-state index contributed by atoms with van der Waals surface area (Å²) >= 11 is 0. The summed E-state index contributed by atoms with van der Waals surface area (Å²) in [5, 5.41) is 4.11. The van der Waals surface area contributed by atoms with Crippen LogP contribution in [-0.4, -0.2) is 15.7 Å². The summed E-state index contributed by atoms with van der Waals surface area (Å²) < 4.78 is 19.1. The van der Waals surface area contributed by atoms with Gasteiger partial charge in [0.15, 0.2) is 0 Å². The maximum absolute atomic E-state index is 13.4. The molecule has 0 saturated heterocycles. The minimum atomic E-state index is -0.287. The molecule has 0 radical (unpaired) electrons. The van der Waals surface area contributed by atoms with Gasteiger partial charge in [0.1, 0.15) is 5.82 Å². The van der Waals surface area contributed by atoms with Crippen LogP contribution in [0, 0.1) is 17.7 Å². The molecule has 4 fully saturated rings. The van der Waals surface area contributed by atoms with Crippen molar-refractivity contribution in [1.29, 1.82) is 0 Å². The molecule has 6 rings (SSSR count). The van der Waals surface area contributed by atoms with Gasteiger partial charge in [-0.2, -0.15) is 4.98 Å². The van der Waals surface area contributed by atoms with E-state index in [1.165, 1.54) is 18.6 Å².